The van der Waals surface area contributed by atoms with Gasteiger partial charge in [0, 0.05) is 31.1 Å². The van der Waals surface area contributed by atoms with Crippen LogP contribution in [0.2, 0.25) is 0 Å². The standard InChI is InChI=1S/C18H18N4O3/c1-21-16(9-15(20-21)12-4-3-5-14(8-12)24-2)18(23)22-7-6-17-13(11-22)10-19-25-17/h3-5,8-10H,6-7,11H2,1-2H3. The molecular weight excluding hydrogens is 320 g/mol. The van der Waals surface area contributed by atoms with Crippen LogP contribution in [-0.4, -0.2) is 39.4 Å². The van der Waals surface area contributed by atoms with Crippen molar-refractivity contribution in [1.29, 1.82) is 0 Å². The van der Waals surface area contributed by atoms with E-state index in [9.17, 15) is 4.79 Å². The molecule has 7 heteroatoms. The molecule has 128 valence electrons. The SMILES string of the molecule is COc1cccc(-c2cc(C(=O)N3CCc4oncc4C3)n(C)n2)c1. The van der Waals surface area contributed by atoms with E-state index in [0.717, 1.165) is 28.3 Å². The Bertz CT molecular complexity index is 928. The van der Waals surface area contributed by atoms with E-state index < -0.39 is 0 Å². The van der Waals surface area contributed by atoms with Crippen LogP contribution in [0.5, 0.6) is 5.75 Å². The lowest BCUT2D eigenvalue weighted by Gasteiger charge is -2.25. The van der Waals surface area contributed by atoms with Crippen LogP contribution in [0, 0.1) is 0 Å². The van der Waals surface area contributed by atoms with Crippen LogP contribution in [0.4, 0.5) is 0 Å². The Kier molecular flexibility index (Phi) is 3.76. The highest BCUT2D eigenvalue weighted by Gasteiger charge is 2.26. The van der Waals surface area contributed by atoms with Crippen LogP contribution >= 0.6 is 0 Å². The third kappa shape index (κ3) is 2.77. The average Bonchev–Trinajstić information content (AvgIpc) is 3.27. The van der Waals surface area contributed by atoms with Gasteiger partial charge in [0.2, 0.25) is 0 Å². The second-order valence-electron chi connectivity index (χ2n) is 6.02. The first kappa shape index (κ1) is 15.4. The minimum Gasteiger partial charge on any atom is -0.497 e. The van der Waals surface area contributed by atoms with E-state index in [4.69, 9.17) is 9.26 Å². The first-order valence-electron chi connectivity index (χ1n) is 8.06. The molecule has 25 heavy (non-hydrogen) atoms. The number of nitrogens with zero attached hydrogens (tertiary/aromatic N) is 4. The van der Waals surface area contributed by atoms with Crippen molar-refractivity contribution >= 4 is 5.91 Å². The van der Waals surface area contributed by atoms with Gasteiger partial charge in [-0.25, -0.2) is 0 Å². The third-order valence-electron chi connectivity index (χ3n) is 4.45. The summed E-state index contributed by atoms with van der Waals surface area (Å²) in [5.41, 5.74) is 3.17. The number of hydrogen-bond acceptors (Lipinski definition) is 5. The van der Waals surface area contributed by atoms with Gasteiger partial charge in [-0.3, -0.25) is 9.48 Å². The van der Waals surface area contributed by atoms with E-state index in [1.165, 1.54) is 0 Å². The summed E-state index contributed by atoms with van der Waals surface area (Å²) in [5, 5.41) is 8.29. The molecule has 1 amide bonds. The number of ether oxygens (including phenoxy) is 1. The molecule has 2 aromatic heterocycles. The van der Waals surface area contributed by atoms with E-state index in [2.05, 4.69) is 10.3 Å². The molecule has 7 nitrogen and oxygen atoms in total. The largest absolute Gasteiger partial charge is 0.497 e. The van der Waals surface area contributed by atoms with Crippen LogP contribution in [0.25, 0.3) is 11.3 Å². The summed E-state index contributed by atoms with van der Waals surface area (Å²) in [6, 6.07) is 9.45. The van der Waals surface area contributed by atoms with Crippen molar-refractivity contribution in [3.05, 3.63) is 53.5 Å². The molecule has 0 radical (unpaired) electrons. The summed E-state index contributed by atoms with van der Waals surface area (Å²) in [7, 11) is 3.41. The number of methoxy groups -OCH3 is 1. The van der Waals surface area contributed by atoms with Gasteiger partial charge < -0.3 is 14.2 Å². The Hall–Kier alpha value is -3.09. The summed E-state index contributed by atoms with van der Waals surface area (Å²) in [6.07, 6.45) is 2.36. The minimum atomic E-state index is -0.0454. The number of fused-ring (bicyclic) bond motifs is 1. The predicted octanol–water partition coefficient (Wildman–Crippen LogP) is 2.28. The van der Waals surface area contributed by atoms with Crippen LogP contribution in [0.15, 0.2) is 41.1 Å². The van der Waals surface area contributed by atoms with Crippen molar-refractivity contribution in [2.75, 3.05) is 13.7 Å². The highest BCUT2D eigenvalue weighted by atomic mass is 16.5. The summed E-state index contributed by atoms with van der Waals surface area (Å²) in [4.78, 5) is 14.7. The van der Waals surface area contributed by atoms with Crippen molar-refractivity contribution in [3.63, 3.8) is 0 Å². The third-order valence-corrected chi connectivity index (χ3v) is 4.45. The lowest BCUT2D eigenvalue weighted by atomic mass is 10.1. The molecule has 0 N–H and O–H groups in total. The van der Waals surface area contributed by atoms with E-state index >= 15 is 0 Å². The zero-order valence-electron chi connectivity index (χ0n) is 14.1. The second-order valence-corrected chi connectivity index (χ2v) is 6.02. The summed E-state index contributed by atoms with van der Waals surface area (Å²) < 4.78 is 12.1. The lowest BCUT2D eigenvalue weighted by molar-refractivity contribution is 0.0717. The van der Waals surface area contributed by atoms with Gasteiger partial charge in [0.15, 0.2) is 0 Å². The van der Waals surface area contributed by atoms with Crippen molar-refractivity contribution in [2.45, 2.75) is 13.0 Å². The molecule has 0 saturated heterocycles. The molecule has 1 aromatic carbocycles. The first-order valence-corrected chi connectivity index (χ1v) is 8.06. The Morgan fingerprint density at radius 1 is 1.32 bits per heavy atom. The number of rotatable bonds is 3. The van der Waals surface area contributed by atoms with E-state index in [1.54, 1.807) is 29.9 Å². The van der Waals surface area contributed by atoms with Crippen LogP contribution in [0.3, 0.4) is 0 Å². The smallest absolute Gasteiger partial charge is 0.272 e. The Labute approximate surface area is 144 Å². The van der Waals surface area contributed by atoms with Gasteiger partial charge in [-0.15, -0.1) is 0 Å². The number of benzene rings is 1. The van der Waals surface area contributed by atoms with Crippen LogP contribution < -0.4 is 4.74 Å². The number of aromatic nitrogens is 3. The Morgan fingerprint density at radius 3 is 3.04 bits per heavy atom. The molecule has 0 unspecified atom stereocenters. The molecule has 4 rings (SSSR count). The quantitative estimate of drug-likeness (QED) is 0.732. The first-order chi connectivity index (χ1) is 12.2. The normalized spacial score (nSPS) is 13.6. The van der Waals surface area contributed by atoms with Gasteiger partial charge in [-0.05, 0) is 18.2 Å². The zero-order valence-corrected chi connectivity index (χ0v) is 14.1. The number of aryl methyl sites for hydroxylation is 1. The molecule has 0 saturated carbocycles. The molecule has 0 bridgehead atoms. The van der Waals surface area contributed by atoms with E-state index in [1.807, 2.05) is 30.3 Å². The van der Waals surface area contributed by atoms with Gasteiger partial charge in [0.05, 0.1) is 25.5 Å². The number of carbonyl (C=O) groups is 1. The molecule has 1 aliphatic heterocycles. The summed E-state index contributed by atoms with van der Waals surface area (Å²) >= 11 is 0. The van der Waals surface area contributed by atoms with Gasteiger partial charge in [0.1, 0.15) is 17.2 Å². The van der Waals surface area contributed by atoms with Crippen molar-refractivity contribution < 1.29 is 14.1 Å². The van der Waals surface area contributed by atoms with Crippen molar-refractivity contribution in [3.8, 4) is 17.0 Å². The van der Waals surface area contributed by atoms with Gasteiger partial charge in [-0.1, -0.05) is 17.3 Å². The highest BCUT2D eigenvalue weighted by molar-refractivity contribution is 5.93. The maximum Gasteiger partial charge on any atom is 0.272 e. The Morgan fingerprint density at radius 2 is 2.20 bits per heavy atom. The molecule has 3 heterocycles. The number of hydrogen-bond donors (Lipinski definition) is 0. The Balaban J connectivity index is 1.61. The van der Waals surface area contributed by atoms with E-state index in [0.29, 0.717) is 25.2 Å². The van der Waals surface area contributed by atoms with Gasteiger partial charge in [-0.2, -0.15) is 5.10 Å². The number of amides is 1. The summed E-state index contributed by atoms with van der Waals surface area (Å²) in [5.74, 6) is 1.58. The molecule has 0 atom stereocenters. The topological polar surface area (TPSA) is 73.4 Å². The van der Waals surface area contributed by atoms with Crippen LogP contribution in [-0.2, 0) is 20.0 Å². The van der Waals surface area contributed by atoms with E-state index in [-0.39, 0.29) is 5.91 Å². The minimum absolute atomic E-state index is 0.0454. The molecular formula is C18H18N4O3. The lowest BCUT2D eigenvalue weighted by Crippen LogP contribution is -2.36. The van der Waals surface area contributed by atoms with Crippen molar-refractivity contribution in [1.82, 2.24) is 19.8 Å². The van der Waals surface area contributed by atoms with Gasteiger partial charge >= 0.3 is 0 Å². The highest BCUT2D eigenvalue weighted by Crippen LogP contribution is 2.25. The molecule has 3 aromatic rings. The maximum atomic E-state index is 12.9. The summed E-state index contributed by atoms with van der Waals surface area (Å²) in [6.45, 7) is 1.12. The van der Waals surface area contributed by atoms with Gasteiger partial charge in [0.25, 0.3) is 5.91 Å². The average molecular weight is 338 g/mol. The zero-order chi connectivity index (χ0) is 17.4. The second kappa shape index (κ2) is 6.08. The molecule has 1 aliphatic rings. The van der Waals surface area contributed by atoms with Crippen LogP contribution in [0.1, 0.15) is 21.8 Å². The predicted molar refractivity (Wildman–Crippen MR) is 90.1 cm³/mol. The molecule has 0 fully saturated rings. The molecule has 0 spiro atoms. The fourth-order valence-corrected chi connectivity index (χ4v) is 3.07. The number of carbonyl (C=O) groups excluding carboxylic acids is 1. The fourth-order valence-electron chi connectivity index (χ4n) is 3.07. The molecule has 0 aliphatic carbocycles. The van der Waals surface area contributed by atoms with Crippen molar-refractivity contribution in [2.24, 2.45) is 7.05 Å². The monoisotopic (exact) mass is 338 g/mol. The maximum absolute atomic E-state index is 12.9. The fraction of sp³-hybridized carbons (Fsp3) is 0.278.